The van der Waals surface area contributed by atoms with Gasteiger partial charge in [-0.05, 0) is 47.1 Å². The van der Waals surface area contributed by atoms with Gasteiger partial charge in [-0.1, -0.05) is 30.3 Å². The third kappa shape index (κ3) is 6.30. The lowest BCUT2D eigenvalue weighted by molar-refractivity contribution is -0.191. The number of benzene rings is 1. The molecular formula is C27H38O10. The fourth-order valence-corrected chi connectivity index (χ4v) is 4.55. The molecule has 1 saturated heterocycles. The van der Waals surface area contributed by atoms with Crippen LogP contribution in [0.4, 0.5) is 0 Å². The Kier molecular flexibility index (Phi) is 9.84. The Morgan fingerprint density at radius 1 is 1.00 bits per heavy atom. The summed E-state index contributed by atoms with van der Waals surface area (Å²) >= 11 is 0. The fourth-order valence-electron chi connectivity index (χ4n) is 4.55. The number of aliphatic hydroxyl groups excluding tert-OH is 1. The second kappa shape index (κ2) is 12.0. The molecule has 10 heteroatoms. The van der Waals surface area contributed by atoms with Gasteiger partial charge in [0.05, 0.1) is 42.0 Å². The summed E-state index contributed by atoms with van der Waals surface area (Å²) in [4.78, 5) is 53.5. The predicted octanol–water partition coefficient (Wildman–Crippen LogP) is 2.57. The molecule has 0 bridgehead atoms. The Morgan fingerprint density at radius 2 is 1.59 bits per heavy atom. The van der Waals surface area contributed by atoms with Crippen molar-refractivity contribution in [3.8, 4) is 0 Å². The molecule has 2 rings (SSSR count). The maximum atomic E-state index is 13.8. The van der Waals surface area contributed by atoms with E-state index in [2.05, 4.69) is 0 Å². The zero-order chi connectivity index (χ0) is 28.0. The quantitative estimate of drug-likeness (QED) is 0.212. The van der Waals surface area contributed by atoms with E-state index < -0.39 is 58.6 Å². The van der Waals surface area contributed by atoms with Gasteiger partial charge in [-0.15, -0.1) is 0 Å². The third-order valence-electron chi connectivity index (χ3n) is 7.34. The van der Waals surface area contributed by atoms with E-state index in [0.717, 1.165) is 0 Å². The highest BCUT2D eigenvalue weighted by Gasteiger charge is 2.65. The van der Waals surface area contributed by atoms with Gasteiger partial charge < -0.3 is 29.2 Å². The number of aliphatic hydroxyl groups is 1. The van der Waals surface area contributed by atoms with Crippen LogP contribution in [0, 0.1) is 22.2 Å². The first-order valence-electron chi connectivity index (χ1n) is 12.3. The van der Waals surface area contributed by atoms with Crippen LogP contribution in [-0.2, 0) is 38.1 Å². The minimum absolute atomic E-state index is 0.0409. The van der Waals surface area contributed by atoms with Crippen molar-refractivity contribution in [3.05, 3.63) is 35.9 Å². The van der Waals surface area contributed by atoms with E-state index in [4.69, 9.17) is 18.9 Å². The number of carboxylic acid groups (broad SMARTS) is 1. The number of carbonyl (C=O) groups is 4. The van der Waals surface area contributed by atoms with Crippen molar-refractivity contribution >= 4 is 23.9 Å². The van der Waals surface area contributed by atoms with Crippen LogP contribution < -0.4 is 0 Å². The van der Waals surface area contributed by atoms with Crippen LogP contribution in [-0.4, -0.2) is 73.2 Å². The standard InChI is InChI=1S/C27H38O10/c1-7-34-21(29)20(27(6,26(4,5)22(30)31)24(33)37-16-18-15-36-18)19(17-11-9-8-10-12-17)25(2,3)23(32)35-14-13-28/h8-12,18-20,28H,7,13-16H2,1-6H3,(H,30,31). The van der Waals surface area contributed by atoms with Crippen LogP contribution in [0.5, 0.6) is 0 Å². The van der Waals surface area contributed by atoms with Crippen LogP contribution in [0.3, 0.4) is 0 Å². The Hall–Kier alpha value is -2.98. The number of carboxylic acids is 1. The number of rotatable bonds is 14. The SMILES string of the molecule is CCOC(=O)C(C(c1ccccc1)C(C)(C)C(=O)OCCO)C(C)(C(=O)OCC1CO1)C(C)(C)C(=O)O. The minimum Gasteiger partial charge on any atom is -0.481 e. The number of aliphatic carboxylic acids is 1. The van der Waals surface area contributed by atoms with Crippen LogP contribution in [0.15, 0.2) is 30.3 Å². The van der Waals surface area contributed by atoms with Gasteiger partial charge >= 0.3 is 23.9 Å². The molecule has 1 aliphatic rings. The lowest BCUT2D eigenvalue weighted by atomic mass is 9.52. The summed E-state index contributed by atoms with van der Waals surface area (Å²) < 4.78 is 21.3. The molecule has 206 valence electrons. The summed E-state index contributed by atoms with van der Waals surface area (Å²) in [5, 5.41) is 19.4. The number of hydrogen-bond acceptors (Lipinski definition) is 9. The molecule has 1 fully saturated rings. The van der Waals surface area contributed by atoms with Crippen LogP contribution in [0.1, 0.15) is 53.0 Å². The summed E-state index contributed by atoms with van der Waals surface area (Å²) in [5.74, 6) is -6.40. The average Bonchev–Trinajstić information content (AvgIpc) is 3.68. The monoisotopic (exact) mass is 522 g/mol. The molecule has 1 aromatic carbocycles. The molecule has 0 aromatic heterocycles. The minimum atomic E-state index is -2.00. The first-order valence-corrected chi connectivity index (χ1v) is 12.3. The van der Waals surface area contributed by atoms with E-state index in [-0.39, 0.29) is 25.9 Å². The molecule has 0 saturated carbocycles. The van der Waals surface area contributed by atoms with Crippen molar-refractivity contribution in [3.63, 3.8) is 0 Å². The van der Waals surface area contributed by atoms with Gasteiger partial charge in [0.1, 0.15) is 19.3 Å². The molecule has 37 heavy (non-hydrogen) atoms. The first kappa shape index (κ1) is 30.2. The van der Waals surface area contributed by atoms with Gasteiger partial charge in [0.15, 0.2) is 0 Å². The molecule has 0 aliphatic carbocycles. The summed E-state index contributed by atoms with van der Waals surface area (Å²) in [6.07, 6.45) is -0.294. The molecule has 0 spiro atoms. The average molecular weight is 523 g/mol. The highest BCUT2D eigenvalue weighted by molar-refractivity contribution is 5.93. The van der Waals surface area contributed by atoms with Gasteiger partial charge in [0, 0.05) is 5.92 Å². The van der Waals surface area contributed by atoms with Crippen LogP contribution >= 0.6 is 0 Å². The number of carbonyl (C=O) groups excluding carboxylic acids is 3. The van der Waals surface area contributed by atoms with Crippen molar-refractivity contribution in [2.75, 3.05) is 33.0 Å². The fraction of sp³-hybridized carbons (Fsp3) is 0.630. The van der Waals surface area contributed by atoms with E-state index in [1.54, 1.807) is 51.1 Å². The molecular weight excluding hydrogens is 484 g/mol. The Morgan fingerprint density at radius 3 is 2.08 bits per heavy atom. The van der Waals surface area contributed by atoms with Crippen LogP contribution in [0.2, 0.25) is 0 Å². The number of esters is 3. The Bertz CT molecular complexity index is 967. The normalized spacial score (nSPS) is 18.6. The lowest BCUT2D eigenvalue weighted by Gasteiger charge is -2.48. The van der Waals surface area contributed by atoms with Crippen LogP contribution in [0.25, 0.3) is 0 Å². The van der Waals surface area contributed by atoms with Gasteiger partial charge in [0.2, 0.25) is 0 Å². The summed E-state index contributed by atoms with van der Waals surface area (Å²) in [6.45, 7) is 8.34. The molecule has 1 aromatic rings. The molecule has 2 N–H and O–H groups in total. The maximum Gasteiger partial charge on any atom is 0.313 e. The van der Waals surface area contributed by atoms with E-state index in [1.807, 2.05) is 0 Å². The summed E-state index contributed by atoms with van der Waals surface area (Å²) in [6, 6.07) is 8.55. The first-order chi connectivity index (χ1) is 17.3. The van der Waals surface area contributed by atoms with Crippen molar-refractivity contribution in [2.24, 2.45) is 22.2 Å². The van der Waals surface area contributed by atoms with E-state index >= 15 is 0 Å². The van der Waals surface area contributed by atoms with Crippen molar-refractivity contribution in [1.82, 2.24) is 0 Å². The van der Waals surface area contributed by atoms with Gasteiger partial charge in [-0.25, -0.2) is 0 Å². The third-order valence-corrected chi connectivity index (χ3v) is 7.34. The zero-order valence-electron chi connectivity index (χ0n) is 22.3. The topological polar surface area (TPSA) is 149 Å². The highest BCUT2D eigenvalue weighted by atomic mass is 16.6. The van der Waals surface area contributed by atoms with E-state index in [1.165, 1.54) is 20.8 Å². The summed E-state index contributed by atoms with van der Waals surface area (Å²) in [5.41, 5.74) is -4.82. The molecule has 0 radical (unpaired) electrons. The van der Waals surface area contributed by atoms with Gasteiger partial charge in [-0.3, -0.25) is 19.2 Å². The molecule has 1 heterocycles. The van der Waals surface area contributed by atoms with Gasteiger partial charge in [0.25, 0.3) is 0 Å². The molecule has 10 nitrogen and oxygen atoms in total. The smallest absolute Gasteiger partial charge is 0.313 e. The van der Waals surface area contributed by atoms with E-state index in [9.17, 15) is 29.4 Å². The summed E-state index contributed by atoms with van der Waals surface area (Å²) in [7, 11) is 0. The largest absolute Gasteiger partial charge is 0.481 e. The number of ether oxygens (including phenoxy) is 4. The zero-order valence-corrected chi connectivity index (χ0v) is 22.3. The Labute approximate surface area is 217 Å². The van der Waals surface area contributed by atoms with Crippen molar-refractivity contribution in [2.45, 2.75) is 53.6 Å². The number of hydrogen-bond donors (Lipinski definition) is 2. The maximum absolute atomic E-state index is 13.8. The molecule has 1 aliphatic heterocycles. The van der Waals surface area contributed by atoms with Crippen molar-refractivity contribution < 1.29 is 48.3 Å². The molecule has 0 amide bonds. The van der Waals surface area contributed by atoms with E-state index in [0.29, 0.717) is 12.2 Å². The Balaban J connectivity index is 2.84. The molecule has 4 unspecified atom stereocenters. The second-order valence-electron chi connectivity index (χ2n) is 10.4. The lowest BCUT2D eigenvalue weighted by Crippen LogP contribution is -2.58. The van der Waals surface area contributed by atoms with Crippen molar-refractivity contribution in [1.29, 1.82) is 0 Å². The molecule has 4 atom stereocenters. The number of epoxide rings is 1. The highest BCUT2D eigenvalue weighted by Crippen LogP contribution is 2.56. The second-order valence-corrected chi connectivity index (χ2v) is 10.4. The van der Waals surface area contributed by atoms with Gasteiger partial charge in [-0.2, -0.15) is 0 Å². The predicted molar refractivity (Wildman–Crippen MR) is 131 cm³/mol.